The summed E-state index contributed by atoms with van der Waals surface area (Å²) in [6, 6.07) is 7.67. The van der Waals surface area contributed by atoms with E-state index in [9.17, 15) is 0 Å². The third kappa shape index (κ3) is 2.02. The third-order valence-corrected chi connectivity index (χ3v) is 3.89. The van der Waals surface area contributed by atoms with E-state index in [0.717, 1.165) is 27.9 Å². The maximum atomic E-state index is 6.60. The summed E-state index contributed by atoms with van der Waals surface area (Å²) in [5.41, 5.74) is 16.4. The zero-order valence-corrected chi connectivity index (χ0v) is 12.1. The van der Waals surface area contributed by atoms with Gasteiger partial charge in [-0.15, -0.1) is 0 Å². The maximum Gasteiger partial charge on any atom is 0.212 e. The molecule has 1 aromatic heterocycles. The first kappa shape index (κ1) is 13.5. The van der Waals surface area contributed by atoms with Crippen molar-refractivity contribution < 1.29 is 4.74 Å². The second-order valence-corrected chi connectivity index (χ2v) is 5.13. The van der Waals surface area contributed by atoms with Gasteiger partial charge in [-0.25, -0.2) is 4.98 Å². The summed E-state index contributed by atoms with van der Waals surface area (Å²) in [7, 11) is 1.58. The normalized spacial score (nSPS) is 19.8. The second kappa shape index (κ2) is 4.79. The number of methoxy groups -OCH3 is 1. The van der Waals surface area contributed by atoms with E-state index in [1.807, 2.05) is 37.4 Å². The molecule has 1 unspecified atom stereocenters. The Morgan fingerprint density at radius 2 is 2.05 bits per heavy atom. The van der Waals surface area contributed by atoms with Crippen LogP contribution < -0.4 is 21.5 Å². The molecule has 1 aromatic carbocycles. The summed E-state index contributed by atoms with van der Waals surface area (Å²) in [5.74, 6) is 0.553. The average Bonchev–Trinajstić information content (AvgIpc) is 2.51. The molecule has 0 amide bonds. The van der Waals surface area contributed by atoms with Crippen molar-refractivity contribution in [3.05, 3.63) is 58.9 Å². The molecule has 108 valence electrons. The van der Waals surface area contributed by atoms with Gasteiger partial charge in [0.05, 0.1) is 7.11 Å². The molecular weight excluding hydrogens is 264 g/mol. The van der Waals surface area contributed by atoms with Crippen LogP contribution in [-0.4, -0.2) is 12.1 Å². The van der Waals surface area contributed by atoms with Gasteiger partial charge >= 0.3 is 0 Å². The van der Waals surface area contributed by atoms with Crippen molar-refractivity contribution in [3.8, 4) is 5.88 Å². The summed E-state index contributed by atoms with van der Waals surface area (Å²) in [6.07, 6.45) is 5.48. The highest BCUT2D eigenvalue weighted by Crippen LogP contribution is 2.35. The fourth-order valence-corrected chi connectivity index (χ4v) is 2.58. The Bertz CT molecular complexity index is 709. The van der Waals surface area contributed by atoms with Gasteiger partial charge in [-0.1, -0.05) is 12.1 Å². The smallest absolute Gasteiger partial charge is 0.212 e. The molecule has 0 saturated carbocycles. The molecule has 5 heteroatoms. The number of nitrogens with two attached hydrogens (primary N) is 2. The molecule has 0 radical (unpaired) electrons. The van der Waals surface area contributed by atoms with Crippen LogP contribution in [0.1, 0.15) is 22.3 Å². The third-order valence-electron chi connectivity index (χ3n) is 3.89. The number of fused-ring (bicyclic) bond motifs is 1. The van der Waals surface area contributed by atoms with Gasteiger partial charge in [-0.3, -0.25) is 0 Å². The maximum absolute atomic E-state index is 6.60. The highest BCUT2D eigenvalue weighted by atomic mass is 16.5. The Morgan fingerprint density at radius 1 is 1.24 bits per heavy atom. The lowest BCUT2D eigenvalue weighted by Gasteiger charge is -2.35. The van der Waals surface area contributed by atoms with Crippen LogP contribution in [0.4, 0.5) is 5.69 Å². The zero-order valence-electron chi connectivity index (χ0n) is 12.1. The van der Waals surface area contributed by atoms with Gasteiger partial charge in [-0.2, -0.15) is 0 Å². The number of aryl methyl sites for hydroxylation is 1. The summed E-state index contributed by atoms with van der Waals surface area (Å²) >= 11 is 0. The fraction of sp³-hybridized carbons (Fsp3) is 0.188. The number of anilines is 1. The topological polar surface area (TPSA) is 86.2 Å². The Hall–Kier alpha value is -2.53. The van der Waals surface area contributed by atoms with Gasteiger partial charge in [0.2, 0.25) is 5.88 Å². The number of aromatic nitrogens is 1. The number of nitrogens with one attached hydrogen (secondary N) is 1. The summed E-state index contributed by atoms with van der Waals surface area (Å²) < 4.78 is 5.09. The van der Waals surface area contributed by atoms with Gasteiger partial charge in [0.15, 0.2) is 0 Å². The van der Waals surface area contributed by atoms with E-state index in [2.05, 4.69) is 10.3 Å². The van der Waals surface area contributed by atoms with Crippen LogP contribution >= 0.6 is 0 Å². The van der Waals surface area contributed by atoms with Crippen molar-refractivity contribution in [2.45, 2.75) is 12.6 Å². The van der Waals surface area contributed by atoms with E-state index in [0.29, 0.717) is 5.88 Å². The zero-order chi connectivity index (χ0) is 15.0. The van der Waals surface area contributed by atoms with E-state index in [1.54, 1.807) is 19.4 Å². The first-order valence-electron chi connectivity index (χ1n) is 6.69. The van der Waals surface area contributed by atoms with Crippen LogP contribution in [0.2, 0.25) is 0 Å². The quantitative estimate of drug-likeness (QED) is 0.730. The molecule has 0 fully saturated rings. The number of nitrogens with zero attached hydrogens (tertiary/aromatic N) is 1. The van der Waals surface area contributed by atoms with Crippen molar-refractivity contribution in [1.29, 1.82) is 0 Å². The summed E-state index contributed by atoms with van der Waals surface area (Å²) in [5, 5.41) is 3.21. The standard InChI is InChI=1S/C16H18N4O/c1-10-3-5-13-12(15(10)17)7-8-20-16(13,18)11-4-6-14(21-2)19-9-11/h3-9,20H,17-18H2,1-2H3. The lowest BCUT2D eigenvalue weighted by Crippen LogP contribution is -2.51. The molecule has 0 aliphatic carbocycles. The molecule has 0 saturated heterocycles. The minimum absolute atomic E-state index is 0.553. The Kier molecular flexibility index (Phi) is 3.07. The monoisotopic (exact) mass is 282 g/mol. The van der Waals surface area contributed by atoms with Crippen molar-refractivity contribution in [2.24, 2.45) is 5.73 Å². The molecule has 3 rings (SSSR count). The minimum atomic E-state index is -0.856. The molecule has 2 heterocycles. The SMILES string of the molecule is COc1ccc(C2(N)NC=Cc3c2ccc(C)c3N)cn1. The molecule has 0 bridgehead atoms. The van der Waals surface area contributed by atoms with Crippen molar-refractivity contribution in [1.82, 2.24) is 10.3 Å². The Morgan fingerprint density at radius 3 is 2.71 bits per heavy atom. The van der Waals surface area contributed by atoms with Crippen LogP contribution in [0.5, 0.6) is 5.88 Å². The van der Waals surface area contributed by atoms with E-state index in [-0.39, 0.29) is 0 Å². The molecule has 1 aliphatic heterocycles. The molecule has 1 aliphatic rings. The summed E-state index contributed by atoms with van der Waals surface area (Å²) in [4.78, 5) is 4.23. The van der Waals surface area contributed by atoms with Crippen LogP contribution in [0.15, 0.2) is 36.7 Å². The molecule has 2 aromatic rings. The van der Waals surface area contributed by atoms with Gasteiger partial charge in [0.1, 0.15) is 5.66 Å². The van der Waals surface area contributed by atoms with Gasteiger partial charge in [-0.05, 0) is 30.8 Å². The molecule has 5 nitrogen and oxygen atoms in total. The molecule has 0 spiro atoms. The van der Waals surface area contributed by atoms with E-state index in [4.69, 9.17) is 16.2 Å². The van der Waals surface area contributed by atoms with E-state index < -0.39 is 5.66 Å². The lowest BCUT2D eigenvalue weighted by molar-refractivity contribution is 0.395. The predicted octanol–water partition coefficient (Wildman–Crippen LogP) is 1.71. The number of benzene rings is 1. The minimum Gasteiger partial charge on any atom is -0.481 e. The molecule has 21 heavy (non-hydrogen) atoms. The van der Waals surface area contributed by atoms with Crippen molar-refractivity contribution >= 4 is 11.8 Å². The molecule has 1 atom stereocenters. The molecule has 5 N–H and O–H groups in total. The van der Waals surface area contributed by atoms with E-state index in [1.165, 1.54) is 0 Å². The first-order valence-corrected chi connectivity index (χ1v) is 6.69. The lowest BCUT2D eigenvalue weighted by atomic mass is 9.85. The van der Waals surface area contributed by atoms with Gasteiger partial charge < -0.3 is 21.5 Å². The Balaban J connectivity index is 2.15. The fourth-order valence-electron chi connectivity index (χ4n) is 2.58. The average molecular weight is 282 g/mol. The molecular formula is C16H18N4O. The largest absolute Gasteiger partial charge is 0.481 e. The van der Waals surface area contributed by atoms with Gasteiger partial charge in [0, 0.05) is 34.6 Å². The number of nitrogen functional groups attached to an aromatic ring is 1. The number of rotatable bonds is 2. The number of ether oxygens (including phenoxy) is 1. The van der Waals surface area contributed by atoms with E-state index >= 15 is 0 Å². The van der Waals surface area contributed by atoms with Crippen LogP contribution in [0.3, 0.4) is 0 Å². The summed E-state index contributed by atoms with van der Waals surface area (Å²) in [6.45, 7) is 1.98. The first-order chi connectivity index (χ1) is 10.1. The number of hydrogen-bond acceptors (Lipinski definition) is 5. The van der Waals surface area contributed by atoms with Gasteiger partial charge in [0.25, 0.3) is 0 Å². The highest BCUT2D eigenvalue weighted by Gasteiger charge is 2.33. The van der Waals surface area contributed by atoms with Crippen molar-refractivity contribution in [2.75, 3.05) is 12.8 Å². The van der Waals surface area contributed by atoms with Crippen LogP contribution in [0.25, 0.3) is 6.08 Å². The Labute approximate surface area is 123 Å². The van der Waals surface area contributed by atoms with Crippen LogP contribution in [-0.2, 0) is 5.66 Å². The predicted molar refractivity (Wildman–Crippen MR) is 83.5 cm³/mol. The number of pyridine rings is 1. The van der Waals surface area contributed by atoms with Crippen molar-refractivity contribution in [3.63, 3.8) is 0 Å². The second-order valence-electron chi connectivity index (χ2n) is 5.13. The van der Waals surface area contributed by atoms with Crippen LogP contribution in [0, 0.1) is 6.92 Å². The highest BCUT2D eigenvalue weighted by molar-refractivity contribution is 5.74. The number of hydrogen-bond donors (Lipinski definition) is 3.